The topological polar surface area (TPSA) is 120 Å². The first-order valence-electron chi connectivity index (χ1n) is 8.38. The van der Waals surface area contributed by atoms with Gasteiger partial charge in [0.15, 0.2) is 11.5 Å². The Morgan fingerprint density at radius 2 is 1.96 bits per heavy atom. The number of nitrogens with zero attached hydrogens (tertiary/aromatic N) is 2. The van der Waals surface area contributed by atoms with E-state index in [1.54, 1.807) is 19.6 Å². The summed E-state index contributed by atoms with van der Waals surface area (Å²) in [6.07, 6.45) is 8.04. The van der Waals surface area contributed by atoms with Crippen LogP contribution in [0.4, 0.5) is 0 Å². The third-order valence-electron chi connectivity index (χ3n) is 3.35. The highest BCUT2D eigenvalue weighted by molar-refractivity contribution is 6.27. The number of imidazole rings is 1. The van der Waals surface area contributed by atoms with Crippen LogP contribution < -0.4 is 9.47 Å². The summed E-state index contributed by atoms with van der Waals surface area (Å²) in [4.78, 5) is 22.2. The third kappa shape index (κ3) is 8.37. The predicted octanol–water partition coefficient (Wildman–Crippen LogP) is 1.87. The lowest BCUT2D eigenvalue weighted by atomic mass is 10.1. The van der Waals surface area contributed by atoms with Crippen molar-refractivity contribution in [3.63, 3.8) is 0 Å². The molecule has 0 spiro atoms. The second-order valence-corrected chi connectivity index (χ2v) is 5.31. The molecule has 2 rings (SSSR count). The average molecular weight is 392 g/mol. The lowest BCUT2D eigenvalue weighted by Gasteiger charge is -2.14. The quantitative estimate of drug-likeness (QED) is 0.357. The molecule has 2 N–H and O–H groups in total. The average Bonchev–Trinajstić information content (AvgIpc) is 3.19. The summed E-state index contributed by atoms with van der Waals surface area (Å²) in [6, 6.07) is 5.85. The van der Waals surface area contributed by atoms with Gasteiger partial charge < -0.3 is 29.0 Å². The highest BCUT2D eigenvalue weighted by Gasteiger charge is 2.09. The molecule has 0 bridgehead atoms. The number of hydrogen-bond donors (Lipinski definition) is 2. The van der Waals surface area contributed by atoms with Crippen molar-refractivity contribution < 1.29 is 34.0 Å². The van der Waals surface area contributed by atoms with Crippen molar-refractivity contribution in [3.05, 3.63) is 55.1 Å². The second-order valence-electron chi connectivity index (χ2n) is 5.31. The number of allylic oxidation sites excluding steroid dienone is 1. The van der Waals surface area contributed by atoms with Crippen LogP contribution in [0.3, 0.4) is 0 Å². The molecule has 152 valence electrons. The van der Waals surface area contributed by atoms with Gasteiger partial charge in [-0.25, -0.2) is 14.6 Å². The van der Waals surface area contributed by atoms with Gasteiger partial charge in [-0.15, -0.1) is 6.58 Å². The van der Waals surface area contributed by atoms with Gasteiger partial charge >= 0.3 is 11.9 Å². The largest absolute Gasteiger partial charge is 0.493 e. The van der Waals surface area contributed by atoms with E-state index < -0.39 is 11.9 Å². The predicted molar refractivity (Wildman–Crippen MR) is 101 cm³/mol. The van der Waals surface area contributed by atoms with Gasteiger partial charge in [-0.05, 0) is 12.5 Å². The van der Waals surface area contributed by atoms with Gasteiger partial charge in [-0.2, -0.15) is 0 Å². The highest BCUT2D eigenvalue weighted by Crippen LogP contribution is 2.31. The Morgan fingerprint density at radius 1 is 1.21 bits per heavy atom. The smallest absolute Gasteiger partial charge is 0.414 e. The number of ether oxygens (including phenoxy) is 3. The van der Waals surface area contributed by atoms with E-state index in [1.165, 1.54) is 0 Å². The first-order chi connectivity index (χ1) is 13.5. The number of para-hydroxylation sites is 1. The normalized spacial score (nSPS) is 9.75. The molecular formula is C19H24N2O7. The van der Waals surface area contributed by atoms with E-state index in [1.807, 2.05) is 35.0 Å². The molecule has 0 amide bonds. The fourth-order valence-corrected chi connectivity index (χ4v) is 2.10. The third-order valence-corrected chi connectivity index (χ3v) is 3.35. The van der Waals surface area contributed by atoms with E-state index in [0.29, 0.717) is 19.8 Å². The van der Waals surface area contributed by atoms with Crippen LogP contribution in [0.5, 0.6) is 11.5 Å². The number of aliphatic carboxylic acids is 2. The molecule has 9 heteroatoms. The maximum absolute atomic E-state index is 9.10. The molecule has 9 nitrogen and oxygen atoms in total. The Hall–Kier alpha value is -3.33. The van der Waals surface area contributed by atoms with E-state index >= 15 is 0 Å². The minimum atomic E-state index is -1.82. The van der Waals surface area contributed by atoms with Crippen LogP contribution in [0.25, 0.3) is 0 Å². The molecular weight excluding hydrogens is 368 g/mol. The molecule has 2 aromatic rings. The molecule has 0 aliphatic rings. The van der Waals surface area contributed by atoms with Crippen LogP contribution >= 0.6 is 0 Å². The summed E-state index contributed by atoms with van der Waals surface area (Å²) in [6.45, 7) is 6.20. The lowest BCUT2D eigenvalue weighted by Crippen LogP contribution is -2.11. The lowest BCUT2D eigenvalue weighted by molar-refractivity contribution is -0.159. The van der Waals surface area contributed by atoms with E-state index in [9.17, 15) is 0 Å². The van der Waals surface area contributed by atoms with Crippen LogP contribution in [0.1, 0.15) is 5.56 Å². The second kappa shape index (κ2) is 12.9. The number of benzene rings is 1. The number of hydrogen-bond acceptors (Lipinski definition) is 6. The summed E-state index contributed by atoms with van der Waals surface area (Å²) in [5.41, 5.74) is 1.06. The van der Waals surface area contributed by atoms with Crippen LogP contribution in [-0.2, 0) is 27.3 Å². The van der Waals surface area contributed by atoms with Gasteiger partial charge in [-0.1, -0.05) is 18.2 Å². The van der Waals surface area contributed by atoms with Crippen molar-refractivity contribution in [2.75, 3.05) is 26.9 Å². The van der Waals surface area contributed by atoms with E-state index in [-0.39, 0.29) is 0 Å². The number of carboxylic acid groups (broad SMARTS) is 2. The molecule has 0 aliphatic heterocycles. The van der Waals surface area contributed by atoms with Gasteiger partial charge in [0.1, 0.15) is 6.61 Å². The molecule has 0 unspecified atom stereocenters. The zero-order valence-electron chi connectivity index (χ0n) is 15.6. The highest BCUT2D eigenvalue weighted by atomic mass is 16.5. The molecule has 0 atom stereocenters. The Bertz CT molecular complexity index is 733. The minimum absolute atomic E-state index is 0.481. The van der Waals surface area contributed by atoms with Gasteiger partial charge in [-0.3, -0.25) is 0 Å². The first kappa shape index (κ1) is 22.7. The molecule has 1 aromatic carbocycles. The molecule has 0 saturated carbocycles. The van der Waals surface area contributed by atoms with Crippen molar-refractivity contribution in [2.24, 2.45) is 0 Å². The van der Waals surface area contributed by atoms with Crippen molar-refractivity contribution in [1.29, 1.82) is 0 Å². The zero-order chi connectivity index (χ0) is 20.8. The van der Waals surface area contributed by atoms with Crippen LogP contribution in [0.2, 0.25) is 0 Å². The Kier molecular flexibility index (Phi) is 10.5. The molecule has 0 radical (unpaired) electrons. The van der Waals surface area contributed by atoms with Crippen LogP contribution in [0, 0.1) is 0 Å². The van der Waals surface area contributed by atoms with Crippen molar-refractivity contribution in [1.82, 2.24) is 9.55 Å². The van der Waals surface area contributed by atoms with E-state index in [0.717, 1.165) is 30.0 Å². The molecule has 28 heavy (non-hydrogen) atoms. The fourth-order valence-electron chi connectivity index (χ4n) is 2.10. The Labute approximate surface area is 162 Å². The number of methoxy groups -OCH3 is 1. The number of rotatable bonds is 10. The maximum atomic E-state index is 9.10. The molecule has 0 aliphatic carbocycles. The van der Waals surface area contributed by atoms with Crippen LogP contribution in [-0.4, -0.2) is 58.6 Å². The molecule has 0 fully saturated rings. The van der Waals surface area contributed by atoms with Gasteiger partial charge in [0.2, 0.25) is 0 Å². The van der Waals surface area contributed by atoms with Crippen molar-refractivity contribution in [3.8, 4) is 11.5 Å². The van der Waals surface area contributed by atoms with Gasteiger partial charge in [0, 0.05) is 24.5 Å². The molecule has 1 aromatic heterocycles. The van der Waals surface area contributed by atoms with E-state index in [4.69, 9.17) is 34.0 Å². The van der Waals surface area contributed by atoms with Gasteiger partial charge in [0.05, 0.1) is 26.7 Å². The molecule has 1 heterocycles. The monoisotopic (exact) mass is 392 g/mol. The van der Waals surface area contributed by atoms with Gasteiger partial charge in [0.25, 0.3) is 0 Å². The standard InChI is InChI=1S/C17H22N2O3.C2H2O4/c1-3-5-15-6-4-7-16(20-2)17(15)22-13-12-21-11-10-19-9-8-18-14-19;3-1(4)2(5)6/h3-4,6-9,14H,1,5,10-13H2,2H3;(H,3,4)(H,5,6). The first-order valence-corrected chi connectivity index (χ1v) is 8.38. The minimum Gasteiger partial charge on any atom is -0.493 e. The summed E-state index contributed by atoms with van der Waals surface area (Å²) >= 11 is 0. The number of carbonyl (C=O) groups is 2. The Balaban J connectivity index is 0.000000568. The molecule has 0 saturated heterocycles. The summed E-state index contributed by atoms with van der Waals surface area (Å²) in [5.74, 6) is -2.15. The van der Waals surface area contributed by atoms with Crippen molar-refractivity contribution in [2.45, 2.75) is 13.0 Å². The summed E-state index contributed by atoms with van der Waals surface area (Å²) < 4.78 is 18.7. The number of aromatic nitrogens is 2. The summed E-state index contributed by atoms with van der Waals surface area (Å²) in [7, 11) is 1.64. The number of carboxylic acids is 2. The SMILES string of the molecule is C=CCc1cccc(OC)c1OCCOCCn1ccnc1.O=C(O)C(=O)O. The van der Waals surface area contributed by atoms with Crippen molar-refractivity contribution >= 4 is 11.9 Å². The maximum Gasteiger partial charge on any atom is 0.414 e. The Morgan fingerprint density at radius 3 is 2.54 bits per heavy atom. The fraction of sp³-hybridized carbons (Fsp3) is 0.316. The van der Waals surface area contributed by atoms with E-state index in [2.05, 4.69) is 11.6 Å². The summed E-state index contributed by atoms with van der Waals surface area (Å²) in [5, 5.41) is 14.8. The zero-order valence-corrected chi connectivity index (χ0v) is 15.6. The van der Waals surface area contributed by atoms with Crippen LogP contribution in [0.15, 0.2) is 49.6 Å².